The van der Waals surface area contributed by atoms with Crippen molar-refractivity contribution in [1.29, 1.82) is 0 Å². The van der Waals surface area contributed by atoms with E-state index < -0.39 is 5.97 Å². The zero-order valence-electron chi connectivity index (χ0n) is 18.5. The first kappa shape index (κ1) is 23.7. The first-order chi connectivity index (χ1) is 13.2. The predicted octanol–water partition coefficient (Wildman–Crippen LogP) is 7.10. The van der Waals surface area contributed by atoms with Crippen LogP contribution in [0.2, 0.25) is 0 Å². The lowest BCUT2D eigenvalue weighted by molar-refractivity contribution is -0.131. The van der Waals surface area contributed by atoms with Crippen LogP contribution in [0.1, 0.15) is 89.8 Å². The molecule has 1 aromatic carbocycles. The van der Waals surface area contributed by atoms with Gasteiger partial charge >= 0.3 is 5.97 Å². The van der Waals surface area contributed by atoms with Gasteiger partial charge in [-0.2, -0.15) is 0 Å². The van der Waals surface area contributed by atoms with Crippen LogP contribution < -0.4 is 4.74 Å². The van der Waals surface area contributed by atoms with E-state index in [9.17, 15) is 4.79 Å². The van der Waals surface area contributed by atoms with Crippen molar-refractivity contribution in [2.24, 2.45) is 0 Å². The Morgan fingerprint density at radius 1 is 1.14 bits per heavy atom. The molecule has 0 aromatic heterocycles. The maximum atomic E-state index is 10.8. The normalized spacial score (nSPS) is 13.0. The lowest BCUT2D eigenvalue weighted by Crippen LogP contribution is -2.06. The highest BCUT2D eigenvalue weighted by Gasteiger charge is 2.18. The molecule has 0 heterocycles. The molecule has 28 heavy (non-hydrogen) atoms. The molecule has 0 aliphatic rings. The molecule has 154 valence electrons. The lowest BCUT2D eigenvalue weighted by atomic mass is 9.88. The fraction of sp³-hybridized carbons (Fsp3) is 0.480. The van der Waals surface area contributed by atoms with E-state index in [1.807, 2.05) is 12.2 Å². The van der Waals surface area contributed by atoms with Crippen LogP contribution in [0, 0.1) is 0 Å². The van der Waals surface area contributed by atoms with Crippen LogP contribution in [0.15, 0.2) is 42.0 Å². The maximum Gasteiger partial charge on any atom is 0.328 e. The van der Waals surface area contributed by atoms with Crippen molar-refractivity contribution < 1.29 is 14.6 Å². The van der Waals surface area contributed by atoms with E-state index in [2.05, 4.69) is 59.8 Å². The molecule has 3 heteroatoms. The average Bonchev–Trinajstić information content (AvgIpc) is 2.62. The third-order valence-corrected chi connectivity index (χ3v) is 4.61. The van der Waals surface area contributed by atoms with Gasteiger partial charge in [-0.25, -0.2) is 4.79 Å². The highest BCUT2D eigenvalue weighted by Crippen LogP contribution is 2.38. The van der Waals surface area contributed by atoms with Crippen LogP contribution in [-0.4, -0.2) is 17.7 Å². The number of benzene rings is 1. The minimum atomic E-state index is -0.927. The Morgan fingerprint density at radius 3 is 2.32 bits per heavy atom. The summed E-state index contributed by atoms with van der Waals surface area (Å²) in [4.78, 5) is 10.8. The molecule has 1 aromatic rings. The zero-order valence-corrected chi connectivity index (χ0v) is 18.5. The van der Waals surface area contributed by atoms with Gasteiger partial charge in [-0.05, 0) is 59.9 Å². The van der Waals surface area contributed by atoms with Gasteiger partial charge in [0.05, 0.1) is 6.61 Å². The number of hydrogen-bond donors (Lipinski definition) is 1. The Balaban J connectivity index is 3.52. The topological polar surface area (TPSA) is 46.5 Å². The summed E-state index contributed by atoms with van der Waals surface area (Å²) in [7, 11) is 0. The molecule has 0 fully saturated rings. The largest absolute Gasteiger partial charge is 0.493 e. The van der Waals surface area contributed by atoms with Gasteiger partial charge in [0, 0.05) is 11.6 Å². The van der Waals surface area contributed by atoms with Crippen LogP contribution in [0.3, 0.4) is 0 Å². The van der Waals surface area contributed by atoms with Gasteiger partial charge in [0.25, 0.3) is 0 Å². The minimum absolute atomic E-state index is 0.374. The van der Waals surface area contributed by atoms with Crippen molar-refractivity contribution in [3.63, 3.8) is 0 Å². The molecule has 0 saturated carbocycles. The number of ether oxygens (including phenoxy) is 1. The first-order valence-electron chi connectivity index (χ1n) is 10.3. The average molecular weight is 385 g/mol. The third kappa shape index (κ3) is 7.03. The Hall–Kier alpha value is -2.29. The lowest BCUT2D eigenvalue weighted by Gasteiger charge is -2.22. The third-order valence-electron chi connectivity index (χ3n) is 4.61. The summed E-state index contributed by atoms with van der Waals surface area (Å²) in [6.45, 7) is 15.6. The van der Waals surface area contributed by atoms with E-state index >= 15 is 0 Å². The Kier molecular flexibility index (Phi) is 9.78. The quantitative estimate of drug-likeness (QED) is 0.345. The molecule has 0 unspecified atom stereocenters. The second-order valence-electron chi connectivity index (χ2n) is 7.78. The summed E-state index contributed by atoms with van der Waals surface area (Å²) in [6.07, 6.45) is 8.87. The number of rotatable bonds is 10. The molecule has 1 rings (SSSR count). The molecule has 1 N–H and O–H groups in total. The number of allylic oxidation sites excluding steroid dienone is 5. The summed E-state index contributed by atoms with van der Waals surface area (Å²) >= 11 is 0. The summed E-state index contributed by atoms with van der Waals surface area (Å²) in [5.41, 5.74) is 5.61. The molecular formula is C25H36O3. The molecule has 0 bridgehead atoms. The molecule has 0 radical (unpaired) electrons. The first-order valence-corrected chi connectivity index (χ1v) is 10.3. The highest BCUT2D eigenvalue weighted by atomic mass is 16.5. The number of carbonyl (C=O) groups is 1. The fourth-order valence-corrected chi connectivity index (χ4v) is 3.00. The van der Waals surface area contributed by atoms with Crippen molar-refractivity contribution in [1.82, 2.24) is 0 Å². The van der Waals surface area contributed by atoms with Gasteiger partial charge < -0.3 is 9.84 Å². The smallest absolute Gasteiger partial charge is 0.328 e. The van der Waals surface area contributed by atoms with E-state index in [1.54, 1.807) is 6.92 Å². The number of carboxylic acid groups (broad SMARTS) is 1. The molecule has 3 nitrogen and oxygen atoms in total. The van der Waals surface area contributed by atoms with Crippen molar-refractivity contribution in [2.45, 2.75) is 73.1 Å². The van der Waals surface area contributed by atoms with Crippen molar-refractivity contribution in [3.05, 3.63) is 58.7 Å². The van der Waals surface area contributed by atoms with E-state index in [0.717, 1.165) is 24.2 Å². The standard InChI is InChI=1S/C25H36O3/c1-8-13-28-25-22(18(5)6)15-21(17(3)4)16-23(25)20(9-2)12-10-11-19(7)14-24(26)27/h10-12,14-18H,8-9,13H2,1-7H3,(H,26,27). The minimum Gasteiger partial charge on any atom is -0.493 e. The van der Waals surface area contributed by atoms with Gasteiger partial charge in [-0.15, -0.1) is 0 Å². The summed E-state index contributed by atoms with van der Waals surface area (Å²) in [6, 6.07) is 4.54. The summed E-state index contributed by atoms with van der Waals surface area (Å²) in [5.74, 6) is 0.869. The highest BCUT2D eigenvalue weighted by molar-refractivity contribution is 5.81. The monoisotopic (exact) mass is 384 g/mol. The Labute approximate surface area is 170 Å². The van der Waals surface area contributed by atoms with Crippen LogP contribution in [-0.2, 0) is 4.79 Å². The van der Waals surface area contributed by atoms with Crippen LogP contribution in [0.4, 0.5) is 0 Å². The van der Waals surface area contributed by atoms with Gasteiger partial charge in [0.2, 0.25) is 0 Å². The van der Waals surface area contributed by atoms with Gasteiger partial charge in [-0.1, -0.05) is 65.8 Å². The molecule has 0 amide bonds. The predicted molar refractivity (Wildman–Crippen MR) is 119 cm³/mol. The molecule has 0 saturated heterocycles. The van der Waals surface area contributed by atoms with Crippen LogP contribution >= 0.6 is 0 Å². The molecular weight excluding hydrogens is 348 g/mol. The van der Waals surface area contributed by atoms with E-state index in [4.69, 9.17) is 9.84 Å². The van der Waals surface area contributed by atoms with Crippen molar-refractivity contribution in [3.8, 4) is 5.75 Å². The van der Waals surface area contributed by atoms with Crippen molar-refractivity contribution in [2.75, 3.05) is 6.61 Å². The van der Waals surface area contributed by atoms with Crippen LogP contribution in [0.5, 0.6) is 5.75 Å². The fourth-order valence-electron chi connectivity index (χ4n) is 3.00. The zero-order chi connectivity index (χ0) is 21.3. The molecule has 0 spiro atoms. The molecule has 0 atom stereocenters. The second-order valence-corrected chi connectivity index (χ2v) is 7.78. The number of aliphatic carboxylic acids is 1. The van der Waals surface area contributed by atoms with Crippen molar-refractivity contribution >= 4 is 11.5 Å². The second kappa shape index (κ2) is 11.5. The van der Waals surface area contributed by atoms with Gasteiger partial charge in [-0.3, -0.25) is 0 Å². The Bertz CT molecular complexity index is 749. The number of hydrogen-bond acceptors (Lipinski definition) is 2. The molecule has 0 aliphatic carbocycles. The summed E-state index contributed by atoms with van der Waals surface area (Å²) < 4.78 is 6.22. The summed E-state index contributed by atoms with van der Waals surface area (Å²) in [5, 5.41) is 8.86. The Morgan fingerprint density at radius 2 is 1.82 bits per heavy atom. The van der Waals surface area contributed by atoms with Crippen LogP contribution in [0.25, 0.3) is 5.57 Å². The maximum absolute atomic E-state index is 10.8. The van der Waals surface area contributed by atoms with Gasteiger partial charge in [0.15, 0.2) is 0 Å². The van der Waals surface area contributed by atoms with E-state index in [0.29, 0.717) is 24.0 Å². The van der Waals surface area contributed by atoms with E-state index in [-0.39, 0.29) is 0 Å². The van der Waals surface area contributed by atoms with Gasteiger partial charge in [0.1, 0.15) is 5.75 Å². The molecule has 0 aliphatic heterocycles. The SMILES string of the molecule is CCCOc1c(C(=CC=CC(C)=CC(=O)O)CC)cc(C(C)C)cc1C(C)C. The van der Waals surface area contributed by atoms with E-state index in [1.165, 1.54) is 22.8 Å². The number of carboxylic acids is 1.